The minimum atomic E-state index is -0.287. The molecule has 0 saturated heterocycles. The fraction of sp³-hybridized carbons (Fsp3) is 0.192. The van der Waals surface area contributed by atoms with Gasteiger partial charge in [0.1, 0.15) is 29.6 Å². The Bertz CT molecular complexity index is 1260. The zero-order chi connectivity index (χ0) is 24.1. The number of halogens is 2. The number of benzene rings is 3. The van der Waals surface area contributed by atoms with E-state index in [1.807, 2.05) is 53.2 Å². The summed E-state index contributed by atoms with van der Waals surface area (Å²) in [5.74, 6) is 2.70. The molecule has 0 aliphatic rings. The highest BCUT2D eigenvalue weighted by Crippen LogP contribution is 2.40. The molecule has 1 aromatic heterocycles. The predicted molar refractivity (Wildman–Crippen MR) is 133 cm³/mol. The van der Waals surface area contributed by atoms with Crippen molar-refractivity contribution in [1.82, 2.24) is 9.55 Å². The van der Waals surface area contributed by atoms with Gasteiger partial charge in [0.05, 0.1) is 33.7 Å². The summed E-state index contributed by atoms with van der Waals surface area (Å²) in [6.07, 6.45) is 5.40. The lowest BCUT2D eigenvalue weighted by molar-refractivity contribution is 0.298. The van der Waals surface area contributed by atoms with Crippen molar-refractivity contribution in [3.05, 3.63) is 100 Å². The molecule has 1 heterocycles. The van der Waals surface area contributed by atoms with Crippen LogP contribution < -0.4 is 18.9 Å². The first-order chi connectivity index (χ1) is 16.5. The predicted octanol–water partition coefficient (Wildman–Crippen LogP) is 6.43. The number of nitrogens with zero attached hydrogens (tertiary/aromatic N) is 2. The first-order valence-electron chi connectivity index (χ1n) is 10.5. The second-order valence-corrected chi connectivity index (χ2v) is 8.29. The monoisotopic (exact) mass is 498 g/mol. The minimum absolute atomic E-state index is 0.257. The highest BCUT2D eigenvalue weighted by Gasteiger charge is 2.25. The van der Waals surface area contributed by atoms with E-state index >= 15 is 0 Å². The van der Waals surface area contributed by atoms with Gasteiger partial charge in [-0.25, -0.2) is 4.98 Å². The van der Waals surface area contributed by atoms with Crippen molar-refractivity contribution in [1.29, 1.82) is 0 Å². The van der Waals surface area contributed by atoms with Crippen molar-refractivity contribution in [2.24, 2.45) is 0 Å². The van der Waals surface area contributed by atoms with Crippen molar-refractivity contribution >= 4 is 23.2 Å². The van der Waals surface area contributed by atoms with Gasteiger partial charge in [0.25, 0.3) is 0 Å². The molecule has 3 aromatic carbocycles. The van der Waals surface area contributed by atoms with Crippen LogP contribution in [-0.2, 0) is 6.61 Å². The molecule has 0 fully saturated rings. The lowest BCUT2D eigenvalue weighted by Gasteiger charge is -2.25. The Kier molecular flexibility index (Phi) is 7.50. The Morgan fingerprint density at radius 3 is 2.09 bits per heavy atom. The second kappa shape index (κ2) is 10.7. The zero-order valence-electron chi connectivity index (χ0n) is 19.0. The van der Waals surface area contributed by atoms with Gasteiger partial charge >= 0.3 is 0 Å². The summed E-state index contributed by atoms with van der Waals surface area (Å²) < 4.78 is 24.9. The Hall–Kier alpha value is -3.35. The van der Waals surface area contributed by atoms with Crippen LogP contribution in [0.1, 0.15) is 22.7 Å². The SMILES string of the molecule is COc1ccc(C(c2ccc(OC)cc2OCc2ccc(Cl)cc2Cl)n2ccnc2)c(OC)c1. The van der Waals surface area contributed by atoms with Gasteiger partial charge in [0.2, 0.25) is 0 Å². The van der Waals surface area contributed by atoms with E-state index in [0.29, 0.717) is 33.0 Å². The lowest BCUT2D eigenvalue weighted by Crippen LogP contribution is -2.14. The maximum Gasteiger partial charge on any atom is 0.129 e. The van der Waals surface area contributed by atoms with E-state index < -0.39 is 0 Å². The molecule has 0 bridgehead atoms. The van der Waals surface area contributed by atoms with Crippen molar-refractivity contribution in [3.63, 3.8) is 0 Å². The van der Waals surface area contributed by atoms with E-state index in [9.17, 15) is 0 Å². The molecule has 4 rings (SSSR count). The van der Waals surface area contributed by atoms with E-state index in [1.165, 1.54) is 0 Å². The highest BCUT2D eigenvalue weighted by atomic mass is 35.5. The molecule has 6 nitrogen and oxygen atoms in total. The van der Waals surface area contributed by atoms with Crippen LogP contribution in [-0.4, -0.2) is 30.9 Å². The summed E-state index contributed by atoms with van der Waals surface area (Å²) >= 11 is 12.4. The number of aromatic nitrogens is 2. The van der Waals surface area contributed by atoms with Crippen molar-refractivity contribution in [2.45, 2.75) is 12.6 Å². The van der Waals surface area contributed by atoms with Gasteiger partial charge in [-0.3, -0.25) is 0 Å². The largest absolute Gasteiger partial charge is 0.497 e. The van der Waals surface area contributed by atoms with Gasteiger partial charge in [0.15, 0.2) is 0 Å². The molecular weight excluding hydrogens is 475 g/mol. The van der Waals surface area contributed by atoms with Gasteiger partial charge in [-0.1, -0.05) is 29.3 Å². The van der Waals surface area contributed by atoms with E-state index in [4.69, 9.17) is 42.1 Å². The minimum Gasteiger partial charge on any atom is -0.497 e. The normalized spacial score (nSPS) is 11.7. The Labute approximate surface area is 208 Å². The van der Waals surface area contributed by atoms with Crippen LogP contribution in [0.5, 0.6) is 23.0 Å². The maximum absolute atomic E-state index is 6.37. The average molecular weight is 499 g/mol. The number of rotatable bonds is 9. The van der Waals surface area contributed by atoms with Gasteiger partial charge < -0.3 is 23.5 Å². The standard InChI is InChI=1S/C26H24Cl2N2O4/c1-31-19-6-8-21(24(13-19)33-3)26(30-11-10-29-16-30)22-9-7-20(32-2)14-25(22)34-15-17-4-5-18(27)12-23(17)28/h4-14,16,26H,15H2,1-3H3. The number of hydrogen-bond acceptors (Lipinski definition) is 5. The molecule has 4 aromatic rings. The van der Waals surface area contributed by atoms with Crippen molar-refractivity contribution in [2.75, 3.05) is 21.3 Å². The quantitative estimate of drug-likeness (QED) is 0.266. The molecule has 176 valence electrons. The van der Waals surface area contributed by atoms with Crippen LogP contribution in [0.2, 0.25) is 10.0 Å². The Morgan fingerprint density at radius 1 is 0.824 bits per heavy atom. The fourth-order valence-corrected chi connectivity index (χ4v) is 4.21. The van der Waals surface area contributed by atoms with Crippen LogP contribution in [0.15, 0.2) is 73.3 Å². The van der Waals surface area contributed by atoms with E-state index in [1.54, 1.807) is 46.0 Å². The molecule has 0 spiro atoms. The van der Waals surface area contributed by atoms with E-state index in [2.05, 4.69) is 4.98 Å². The molecule has 0 amide bonds. The summed E-state index contributed by atoms with van der Waals surface area (Å²) in [6, 6.07) is 16.5. The topological polar surface area (TPSA) is 54.7 Å². The molecule has 0 saturated carbocycles. The summed E-state index contributed by atoms with van der Waals surface area (Å²) in [4.78, 5) is 4.26. The first kappa shape index (κ1) is 23.8. The van der Waals surface area contributed by atoms with E-state index in [0.717, 1.165) is 16.7 Å². The molecule has 8 heteroatoms. The fourth-order valence-electron chi connectivity index (χ4n) is 3.74. The summed E-state index contributed by atoms with van der Waals surface area (Å²) in [7, 11) is 4.88. The molecule has 1 atom stereocenters. The maximum atomic E-state index is 6.37. The highest BCUT2D eigenvalue weighted by molar-refractivity contribution is 6.35. The molecule has 0 N–H and O–H groups in total. The van der Waals surface area contributed by atoms with Crippen LogP contribution in [0, 0.1) is 0 Å². The molecule has 0 radical (unpaired) electrons. The Morgan fingerprint density at radius 2 is 1.50 bits per heavy atom. The van der Waals surface area contributed by atoms with Gasteiger partial charge in [-0.05, 0) is 36.4 Å². The van der Waals surface area contributed by atoms with E-state index in [-0.39, 0.29) is 12.6 Å². The Balaban J connectivity index is 1.81. The van der Waals surface area contributed by atoms with Crippen LogP contribution in [0.4, 0.5) is 0 Å². The van der Waals surface area contributed by atoms with Gasteiger partial charge in [0, 0.05) is 51.3 Å². The third kappa shape index (κ3) is 5.08. The molecule has 1 unspecified atom stereocenters. The summed E-state index contributed by atoms with van der Waals surface area (Å²) in [5.41, 5.74) is 2.63. The van der Waals surface area contributed by atoms with Crippen LogP contribution in [0.3, 0.4) is 0 Å². The van der Waals surface area contributed by atoms with Crippen LogP contribution in [0.25, 0.3) is 0 Å². The first-order valence-corrected chi connectivity index (χ1v) is 11.2. The third-order valence-electron chi connectivity index (χ3n) is 5.47. The number of imidazole rings is 1. The molecule has 0 aliphatic heterocycles. The van der Waals surface area contributed by atoms with Crippen molar-refractivity contribution in [3.8, 4) is 23.0 Å². The average Bonchev–Trinajstić information content (AvgIpc) is 3.39. The summed E-state index contributed by atoms with van der Waals surface area (Å²) in [6.45, 7) is 0.257. The van der Waals surface area contributed by atoms with Crippen molar-refractivity contribution < 1.29 is 18.9 Å². The third-order valence-corrected chi connectivity index (χ3v) is 6.06. The van der Waals surface area contributed by atoms with Crippen LogP contribution >= 0.6 is 23.2 Å². The molecule has 0 aliphatic carbocycles. The number of hydrogen-bond donors (Lipinski definition) is 0. The van der Waals surface area contributed by atoms with Gasteiger partial charge in [-0.2, -0.15) is 0 Å². The van der Waals surface area contributed by atoms with Gasteiger partial charge in [-0.15, -0.1) is 0 Å². The summed E-state index contributed by atoms with van der Waals surface area (Å²) in [5, 5.41) is 1.11. The molecule has 34 heavy (non-hydrogen) atoms. The smallest absolute Gasteiger partial charge is 0.129 e. The zero-order valence-corrected chi connectivity index (χ0v) is 20.5. The number of ether oxygens (including phenoxy) is 4. The number of methoxy groups -OCH3 is 3. The molecular formula is C26H24Cl2N2O4. The second-order valence-electron chi connectivity index (χ2n) is 7.45. The lowest BCUT2D eigenvalue weighted by atomic mass is 9.96.